The molecule has 0 fully saturated rings. The summed E-state index contributed by atoms with van der Waals surface area (Å²) in [5.41, 5.74) is 6.76. The molecule has 0 unspecified atom stereocenters. The quantitative estimate of drug-likeness (QED) is 0.828. The number of hydrogen-bond acceptors (Lipinski definition) is 4. The standard InChI is InChI=1S/C13H17N5O/c1-10(11-5-3-2-4-6-11)15-13(19)12-9-18(8-7-14)17-16-12/h2-6,9-10H,7-8,14H2,1H3,(H,15,19)/t10-/m0/s1. The predicted octanol–water partition coefficient (Wildman–Crippen LogP) is 0.728. The number of amides is 1. The van der Waals surface area contributed by atoms with Crippen LogP contribution in [0.4, 0.5) is 0 Å². The van der Waals surface area contributed by atoms with E-state index >= 15 is 0 Å². The van der Waals surface area contributed by atoms with Gasteiger partial charge >= 0.3 is 0 Å². The van der Waals surface area contributed by atoms with Crippen molar-refractivity contribution in [1.82, 2.24) is 20.3 Å². The monoisotopic (exact) mass is 259 g/mol. The van der Waals surface area contributed by atoms with Crippen LogP contribution < -0.4 is 11.1 Å². The molecule has 0 aliphatic rings. The van der Waals surface area contributed by atoms with Crippen molar-refractivity contribution in [2.24, 2.45) is 5.73 Å². The third kappa shape index (κ3) is 3.38. The maximum Gasteiger partial charge on any atom is 0.273 e. The van der Waals surface area contributed by atoms with Gasteiger partial charge < -0.3 is 11.1 Å². The van der Waals surface area contributed by atoms with Gasteiger partial charge in [-0.25, -0.2) is 0 Å². The second-order valence-corrected chi connectivity index (χ2v) is 4.26. The van der Waals surface area contributed by atoms with Crippen molar-refractivity contribution in [3.8, 4) is 0 Å². The van der Waals surface area contributed by atoms with Crippen molar-refractivity contribution >= 4 is 5.91 Å². The van der Waals surface area contributed by atoms with Gasteiger partial charge in [0.2, 0.25) is 0 Å². The molecule has 0 aliphatic heterocycles. The van der Waals surface area contributed by atoms with Crippen LogP contribution >= 0.6 is 0 Å². The first kappa shape index (κ1) is 13.2. The molecule has 1 aromatic heterocycles. The Balaban J connectivity index is 2.00. The molecular weight excluding hydrogens is 242 g/mol. The molecule has 100 valence electrons. The minimum absolute atomic E-state index is 0.0756. The van der Waals surface area contributed by atoms with Gasteiger partial charge in [0.1, 0.15) is 0 Å². The van der Waals surface area contributed by atoms with Crippen molar-refractivity contribution in [1.29, 1.82) is 0 Å². The molecule has 6 heteroatoms. The van der Waals surface area contributed by atoms with E-state index in [9.17, 15) is 4.79 Å². The molecule has 1 aromatic carbocycles. The summed E-state index contributed by atoms with van der Waals surface area (Å²) in [6.07, 6.45) is 1.60. The molecule has 0 bridgehead atoms. The van der Waals surface area contributed by atoms with E-state index in [1.807, 2.05) is 37.3 Å². The normalized spacial score (nSPS) is 12.1. The van der Waals surface area contributed by atoms with E-state index in [1.165, 1.54) is 0 Å². The van der Waals surface area contributed by atoms with Crippen LogP contribution in [0.3, 0.4) is 0 Å². The largest absolute Gasteiger partial charge is 0.344 e. The Labute approximate surface area is 111 Å². The van der Waals surface area contributed by atoms with Crippen LogP contribution in [0, 0.1) is 0 Å². The lowest BCUT2D eigenvalue weighted by Crippen LogP contribution is -2.26. The number of nitrogens with zero attached hydrogens (tertiary/aromatic N) is 3. The summed E-state index contributed by atoms with van der Waals surface area (Å²) in [5, 5.41) is 10.5. The molecule has 0 saturated carbocycles. The highest BCUT2D eigenvalue weighted by Gasteiger charge is 2.14. The van der Waals surface area contributed by atoms with Crippen LogP contribution in [-0.4, -0.2) is 27.4 Å². The number of carbonyl (C=O) groups is 1. The fraction of sp³-hybridized carbons (Fsp3) is 0.308. The third-order valence-electron chi connectivity index (χ3n) is 2.78. The molecule has 2 aromatic rings. The molecule has 1 atom stereocenters. The van der Waals surface area contributed by atoms with E-state index in [0.29, 0.717) is 18.8 Å². The average molecular weight is 259 g/mol. The highest BCUT2D eigenvalue weighted by molar-refractivity contribution is 5.92. The number of nitrogens with one attached hydrogen (secondary N) is 1. The first-order chi connectivity index (χ1) is 9.20. The van der Waals surface area contributed by atoms with Gasteiger partial charge in [-0.05, 0) is 12.5 Å². The maximum atomic E-state index is 12.0. The highest BCUT2D eigenvalue weighted by Crippen LogP contribution is 2.11. The summed E-state index contributed by atoms with van der Waals surface area (Å²) >= 11 is 0. The first-order valence-corrected chi connectivity index (χ1v) is 6.16. The van der Waals surface area contributed by atoms with E-state index in [4.69, 9.17) is 5.73 Å². The summed E-state index contributed by atoms with van der Waals surface area (Å²) in [5.74, 6) is -0.236. The van der Waals surface area contributed by atoms with Crippen LogP contribution in [-0.2, 0) is 6.54 Å². The zero-order valence-electron chi connectivity index (χ0n) is 10.8. The fourth-order valence-corrected chi connectivity index (χ4v) is 1.74. The zero-order valence-corrected chi connectivity index (χ0v) is 10.8. The summed E-state index contributed by atoms with van der Waals surface area (Å²) in [7, 11) is 0. The zero-order chi connectivity index (χ0) is 13.7. The average Bonchev–Trinajstić information content (AvgIpc) is 2.89. The van der Waals surface area contributed by atoms with Crippen LogP contribution in [0.2, 0.25) is 0 Å². The molecule has 6 nitrogen and oxygen atoms in total. The second kappa shape index (κ2) is 6.10. The van der Waals surface area contributed by atoms with Crippen molar-refractivity contribution in [2.75, 3.05) is 6.54 Å². The van der Waals surface area contributed by atoms with Gasteiger partial charge in [0, 0.05) is 6.54 Å². The van der Waals surface area contributed by atoms with Crippen molar-refractivity contribution in [3.05, 3.63) is 47.8 Å². The molecular formula is C13H17N5O. The Bertz CT molecular complexity index is 537. The molecule has 0 saturated heterocycles. The molecule has 2 rings (SSSR count). The maximum absolute atomic E-state index is 12.0. The Hall–Kier alpha value is -2.21. The van der Waals surface area contributed by atoms with Crippen LogP contribution in [0.1, 0.15) is 29.0 Å². The lowest BCUT2D eigenvalue weighted by molar-refractivity contribution is 0.0934. The van der Waals surface area contributed by atoms with Crippen molar-refractivity contribution in [2.45, 2.75) is 19.5 Å². The summed E-state index contributed by atoms with van der Waals surface area (Å²) in [6.45, 7) is 2.94. The molecule has 0 radical (unpaired) electrons. The van der Waals surface area contributed by atoms with Crippen molar-refractivity contribution in [3.63, 3.8) is 0 Å². The van der Waals surface area contributed by atoms with E-state index in [0.717, 1.165) is 5.56 Å². The van der Waals surface area contributed by atoms with E-state index in [-0.39, 0.29) is 11.9 Å². The third-order valence-corrected chi connectivity index (χ3v) is 2.78. The van der Waals surface area contributed by atoms with Crippen molar-refractivity contribution < 1.29 is 4.79 Å². The van der Waals surface area contributed by atoms with Gasteiger partial charge in [-0.2, -0.15) is 0 Å². The second-order valence-electron chi connectivity index (χ2n) is 4.26. The van der Waals surface area contributed by atoms with E-state index in [1.54, 1.807) is 10.9 Å². The van der Waals surface area contributed by atoms with E-state index in [2.05, 4.69) is 15.6 Å². The number of hydrogen-bond donors (Lipinski definition) is 2. The molecule has 0 spiro atoms. The summed E-state index contributed by atoms with van der Waals surface area (Å²) < 4.78 is 1.56. The smallest absolute Gasteiger partial charge is 0.273 e. The van der Waals surface area contributed by atoms with Crippen LogP contribution in [0.25, 0.3) is 0 Å². The lowest BCUT2D eigenvalue weighted by atomic mass is 10.1. The fourth-order valence-electron chi connectivity index (χ4n) is 1.74. The summed E-state index contributed by atoms with van der Waals surface area (Å²) in [6, 6.07) is 9.68. The number of nitrogens with two attached hydrogens (primary N) is 1. The Morgan fingerprint density at radius 3 is 2.84 bits per heavy atom. The van der Waals surface area contributed by atoms with Gasteiger partial charge in [-0.15, -0.1) is 5.10 Å². The van der Waals surface area contributed by atoms with Gasteiger partial charge in [0.15, 0.2) is 5.69 Å². The number of rotatable bonds is 5. The van der Waals surface area contributed by atoms with Crippen LogP contribution in [0.5, 0.6) is 0 Å². The molecule has 0 aliphatic carbocycles. The summed E-state index contributed by atoms with van der Waals surface area (Å²) in [4.78, 5) is 12.0. The van der Waals surface area contributed by atoms with Gasteiger partial charge in [-0.1, -0.05) is 35.5 Å². The Morgan fingerprint density at radius 1 is 1.42 bits per heavy atom. The van der Waals surface area contributed by atoms with Gasteiger partial charge in [0.25, 0.3) is 5.91 Å². The molecule has 3 N–H and O–H groups in total. The van der Waals surface area contributed by atoms with Crippen LogP contribution in [0.15, 0.2) is 36.5 Å². The SMILES string of the molecule is C[C@H](NC(=O)c1cn(CCN)nn1)c1ccccc1. The minimum Gasteiger partial charge on any atom is -0.344 e. The number of aromatic nitrogens is 3. The Kier molecular flexibility index (Phi) is 4.25. The topological polar surface area (TPSA) is 85.8 Å². The number of benzene rings is 1. The lowest BCUT2D eigenvalue weighted by Gasteiger charge is -2.12. The van der Waals surface area contributed by atoms with Gasteiger partial charge in [-0.3, -0.25) is 9.48 Å². The minimum atomic E-state index is -0.236. The predicted molar refractivity (Wildman–Crippen MR) is 71.4 cm³/mol. The van der Waals surface area contributed by atoms with E-state index < -0.39 is 0 Å². The molecule has 1 amide bonds. The molecule has 1 heterocycles. The number of carbonyl (C=O) groups excluding carboxylic acids is 1. The Morgan fingerprint density at radius 2 is 2.16 bits per heavy atom. The highest BCUT2D eigenvalue weighted by atomic mass is 16.2. The first-order valence-electron chi connectivity index (χ1n) is 6.16. The molecule has 19 heavy (non-hydrogen) atoms. The van der Waals surface area contributed by atoms with Gasteiger partial charge in [0.05, 0.1) is 18.8 Å².